The molecule has 2 fully saturated rings. The van der Waals surface area contributed by atoms with Gasteiger partial charge in [-0.1, -0.05) is 30.3 Å². The third kappa shape index (κ3) is 3.65. The van der Waals surface area contributed by atoms with Crippen molar-refractivity contribution < 1.29 is 4.74 Å². The molecule has 5 nitrogen and oxygen atoms in total. The van der Waals surface area contributed by atoms with Crippen molar-refractivity contribution in [3.8, 4) is 11.1 Å². The molecule has 0 amide bonds. The van der Waals surface area contributed by atoms with Crippen molar-refractivity contribution in [1.29, 1.82) is 0 Å². The zero-order valence-electron chi connectivity index (χ0n) is 17.0. The molecular weight excluding hydrogens is 380 g/mol. The van der Waals surface area contributed by atoms with Crippen LogP contribution < -0.4 is 4.90 Å². The van der Waals surface area contributed by atoms with Crippen LogP contribution in [0.3, 0.4) is 0 Å². The lowest BCUT2D eigenvalue weighted by Crippen LogP contribution is -2.42. The standard InChI is InChI=1S/C23H28N4OS/c1-2-28-23(26-11-6-7-12-26)18-10-13-27(14-18)21-20-19(17-8-4-3-5-9-17)15-29-22(20)25-16-24-21/h3-5,8-9,15-16,18,23H,2,6-7,10-14H2,1H3/t18-,23?/m0/s1. The van der Waals surface area contributed by atoms with Gasteiger partial charge in [0.15, 0.2) is 0 Å². The summed E-state index contributed by atoms with van der Waals surface area (Å²) in [6.07, 6.45) is 5.69. The fraction of sp³-hybridized carbons (Fsp3) is 0.478. The first-order valence-electron chi connectivity index (χ1n) is 10.7. The number of anilines is 1. The summed E-state index contributed by atoms with van der Waals surface area (Å²) in [6, 6.07) is 10.6. The predicted molar refractivity (Wildman–Crippen MR) is 119 cm³/mol. The average molecular weight is 409 g/mol. The van der Waals surface area contributed by atoms with Gasteiger partial charge in [-0.2, -0.15) is 0 Å². The molecule has 0 N–H and O–H groups in total. The van der Waals surface area contributed by atoms with E-state index < -0.39 is 0 Å². The number of nitrogens with zero attached hydrogens (tertiary/aromatic N) is 4. The molecule has 0 saturated carbocycles. The number of aromatic nitrogens is 2. The second-order valence-electron chi connectivity index (χ2n) is 7.98. The normalized spacial score (nSPS) is 21.3. The van der Waals surface area contributed by atoms with E-state index in [9.17, 15) is 0 Å². The number of rotatable bonds is 6. The SMILES string of the molecule is CCOC([C@H]1CCN(c2ncnc3scc(-c4ccccc4)c23)C1)N1CCCC1. The van der Waals surface area contributed by atoms with Gasteiger partial charge in [-0.05, 0) is 31.7 Å². The highest BCUT2D eigenvalue weighted by molar-refractivity contribution is 7.17. The second-order valence-corrected chi connectivity index (χ2v) is 8.83. The van der Waals surface area contributed by atoms with Crippen LogP contribution in [0, 0.1) is 5.92 Å². The first kappa shape index (κ1) is 19.0. The maximum absolute atomic E-state index is 6.23. The maximum atomic E-state index is 6.23. The number of thiophene rings is 1. The fourth-order valence-corrected chi connectivity index (χ4v) is 5.76. The van der Waals surface area contributed by atoms with Gasteiger partial charge in [-0.25, -0.2) is 9.97 Å². The van der Waals surface area contributed by atoms with Crippen molar-refractivity contribution in [2.75, 3.05) is 37.7 Å². The maximum Gasteiger partial charge on any atom is 0.141 e. The summed E-state index contributed by atoms with van der Waals surface area (Å²) in [5.74, 6) is 1.60. The summed E-state index contributed by atoms with van der Waals surface area (Å²) in [6.45, 7) is 7.25. The van der Waals surface area contributed by atoms with Crippen molar-refractivity contribution >= 4 is 27.4 Å². The molecule has 152 valence electrons. The van der Waals surface area contributed by atoms with Crippen LogP contribution in [0.25, 0.3) is 21.3 Å². The minimum atomic E-state index is 0.237. The molecule has 4 heterocycles. The predicted octanol–water partition coefficient (Wildman–Crippen LogP) is 4.64. The van der Waals surface area contributed by atoms with Crippen LogP contribution in [-0.2, 0) is 4.74 Å². The summed E-state index contributed by atoms with van der Waals surface area (Å²) in [4.78, 5) is 15.4. The zero-order valence-corrected chi connectivity index (χ0v) is 17.8. The molecule has 6 heteroatoms. The van der Waals surface area contributed by atoms with E-state index in [2.05, 4.69) is 57.4 Å². The third-order valence-corrected chi connectivity index (χ3v) is 7.09. The largest absolute Gasteiger partial charge is 0.363 e. The van der Waals surface area contributed by atoms with Crippen molar-refractivity contribution in [2.24, 2.45) is 5.92 Å². The Morgan fingerprint density at radius 2 is 1.97 bits per heavy atom. The highest BCUT2D eigenvalue weighted by Crippen LogP contribution is 2.39. The molecule has 2 atom stereocenters. The summed E-state index contributed by atoms with van der Waals surface area (Å²) < 4.78 is 6.23. The molecule has 0 spiro atoms. The van der Waals surface area contributed by atoms with Crippen LogP contribution in [-0.4, -0.2) is 53.9 Å². The molecule has 3 aromatic rings. The molecule has 2 saturated heterocycles. The van der Waals surface area contributed by atoms with Gasteiger partial charge in [-0.15, -0.1) is 11.3 Å². The van der Waals surface area contributed by atoms with Crippen LogP contribution in [0.4, 0.5) is 5.82 Å². The van der Waals surface area contributed by atoms with E-state index in [1.165, 1.54) is 42.4 Å². The molecule has 0 bridgehead atoms. The monoisotopic (exact) mass is 408 g/mol. The molecule has 1 unspecified atom stereocenters. The molecule has 29 heavy (non-hydrogen) atoms. The van der Waals surface area contributed by atoms with Gasteiger partial charge in [0, 0.05) is 49.6 Å². The summed E-state index contributed by atoms with van der Waals surface area (Å²) in [5, 5.41) is 3.41. The Labute approximate surface area is 176 Å². The van der Waals surface area contributed by atoms with Crippen molar-refractivity contribution in [3.63, 3.8) is 0 Å². The van der Waals surface area contributed by atoms with E-state index in [0.29, 0.717) is 5.92 Å². The highest BCUT2D eigenvalue weighted by Gasteiger charge is 2.36. The first-order valence-corrected chi connectivity index (χ1v) is 11.6. The van der Waals surface area contributed by atoms with Gasteiger partial charge < -0.3 is 9.64 Å². The Morgan fingerprint density at radius 1 is 1.14 bits per heavy atom. The number of fused-ring (bicyclic) bond motifs is 1. The van der Waals surface area contributed by atoms with Crippen LogP contribution in [0.2, 0.25) is 0 Å². The van der Waals surface area contributed by atoms with Crippen LogP contribution in [0.5, 0.6) is 0 Å². The fourth-order valence-electron chi connectivity index (χ4n) is 4.85. The first-order chi connectivity index (χ1) is 14.3. The summed E-state index contributed by atoms with van der Waals surface area (Å²) in [5.41, 5.74) is 2.47. The van der Waals surface area contributed by atoms with Gasteiger partial charge in [0.1, 0.15) is 23.2 Å². The van der Waals surface area contributed by atoms with Gasteiger partial charge in [0.2, 0.25) is 0 Å². The molecule has 0 aliphatic carbocycles. The Hall–Kier alpha value is -2.02. The van der Waals surface area contributed by atoms with E-state index in [4.69, 9.17) is 9.72 Å². The Balaban J connectivity index is 1.45. The lowest BCUT2D eigenvalue weighted by Gasteiger charge is -2.32. The molecule has 5 rings (SSSR count). The summed E-state index contributed by atoms with van der Waals surface area (Å²) >= 11 is 1.71. The lowest BCUT2D eigenvalue weighted by atomic mass is 10.1. The van der Waals surface area contributed by atoms with Crippen LogP contribution in [0.1, 0.15) is 26.2 Å². The van der Waals surface area contributed by atoms with Gasteiger partial charge in [-0.3, -0.25) is 4.90 Å². The minimum Gasteiger partial charge on any atom is -0.363 e. The van der Waals surface area contributed by atoms with Gasteiger partial charge in [0.05, 0.1) is 5.39 Å². The second kappa shape index (κ2) is 8.38. The van der Waals surface area contributed by atoms with Gasteiger partial charge >= 0.3 is 0 Å². The number of hydrogen-bond acceptors (Lipinski definition) is 6. The molecule has 0 radical (unpaired) electrons. The zero-order chi connectivity index (χ0) is 19.6. The van der Waals surface area contributed by atoms with E-state index >= 15 is 0 Å². The Bertz CT molecular complexity index is 954. The molecular formula is C23H28N4OS. The van der Waals surface area contributed by atoms with Crippen molar-refractivity contribution in [2.45, 2.75) is 32.4 Å². The number of ether oxygens (including phenoxy) is 1. The Morgan fingerprint density at radius 3 is 2.76 bits per heavy atom. The van der Waals surface area contributed by atoms with Crippen molar-refractivity contribution in [1.82, 2.24) is 14.9 Å². The molecule has 2 aliphatic heterocycles. The number of benzene rings is 1. The molecule has 1 aromatic carbocycles. The topological polar surface area (TPSA) is 41.5 Å². The number of likely N-dealkylation sites (tertiary alicyclic amines) is 1. The molecule has 2 aliphatic rings. The third-order valence-electron chi connectivity index (χ3n) is 6.20. The highest BCUT2D eigenvalue weighted by atomic mass is 32.1. The summed E-state index contributed by atoms with van der Waals surface area (Å²) in [7, 11) is 0. The minimum absolute atomic E-state index is 0.237. The molecule has 2 aromatic heterocycles. The van der Waals surface area contributed by atoms with Crippen LogP contribution >= 0.6 is 11.3 Å². The van der Waals surface area contributed by atoms with Crippen molar-refractivity contribution in [3.05, 3.63) is 42.0 Å². The average Bonchev–Trinajstić information content (AvgIpc) is 3.53. The smallest absolute Gasteiger partial charge is 0.141 e. The quantitative estimate of drug-likeness (QED) is 0.594. The van der Waals surface area contributed by atoms with Gasteiger partial charge in [0.25, 0.3) is 0 Å². The van der Waals surface area contributed by atoms with E-state index in [0.717, 1.165) is 36.8 Å². The Kier molecular flexibility index (Phi) is 5.48. The van der Waals surface area contributed by atoms with E-state index in [1.807, 2.05) is 0 Å². The van der Waals surface area contributed by atoms with E-state index in [1.54, 1.807) is 17.7 Å². The van der Waals surface area contributed by atoms with Crippen LogP contribution in [0.15, 0.2) is 42.0 Å². The lowest BCUT2D eigenvalue weighted by molar-refractivity contribution is -0.0753. The van der Waals surface area contributed by atoms with E-state index in [-0.39, 0.29) is 6.23 Å². The number of hydrogen-bond donors (Lipinski definition) is 0.